The molecule has 0 saturated carbocycles. The Kier molecular flexibility index (Phi) is 2.55. The number of anilines is 1. The van der Waals surface area contributed by atoms with E-state index in [9.17, 15) is 0 Å². The molecule has 98 valence electrons. The fourth-order valence-corrected chi connectivity index (χ4v) is 2.42. The van der Waals surface area contributed by atoms with E-state index in [-0.39, 0.29) is 0 Å². The monoisotopic (exact) mass is 255 g/mol. The van der Waals surface area contributed by atoms with Gasteiger partial charge >= 0.3 is 0 Å². The minimum Gasteiger partial charge on any atom is -0.399 e. The third-order valence-corrected chi connectivity index (χ3v) is 3.63. The number of nitrogens with zero attached hydrogens (tertiary/aromatic N) is 4. The number of nitrogens with two attached hydrogens (primary N) is 1. The van der Waals surface area contributed by atoms with E-state index < -0.39 is 0 Å². The van der Waals surface area contributed by atoms with Crippen LogP contribution in [-0.4, -0.2) is 19.3 Å². The van der Waals surface area contributed by atoms with Gasteiger partial charge in [-0.05, 0) is 32.0 Å². The Balaban J connectivity index is 2.06. The summed E-state index contributed by atoms with van der Waals surface area (Å²) in [5.74, 6) is 0. The van der Waals surface area contributed by atoms with Gasteiger partial charge in [0, 0.05) is 24.0 Å². The molecule has 19 heavy (non-hydrogen) atoms. The Morgan fingerprint density at radius 3 is 2.74 bits per heavy atom. The van der Waals surface area contributed by atoms with Gasteiger partial charge in [-0.2, -0.15) is 5.10 Å². The third kappa shape index (κ3) is 1.87. The summed E-state index contributed by atoms with van der Waals surface area (Å²) < 4.78 is 4.05. The Bertz CT molecular complexity index is 751. The summed E-state index contributed by atoms with van der Waals surface area (Å²) in [6, 6.07) is 5.82. The molecule has 0 aliphatic heterocycles. The average molecular weight is 255 g/mol. The molecule has 5 nitrogen and oxygen atoms in total. The number of hydrogen-bond acceptors (Lipinski definition) is 3. The normalized spacial score (nSPS) is 11.3. The van der Waals surface area contributed by atoms with E-state index in [2.05, 4.69) is 21.6 Å². The van der Waals surface area contributed by atoms with Gasteiger partial charge in [0.15, 0.2) is 0 Å². The van der Waals surface area contributed by atoms with Crippen LogP contribution in [0.5, 0.6) is 0 Å². The largest absolute Gasteiger partial charge is 0.399 e. The molecule has 0 atom stereocenters. The molecule has 0 spiro atoms. The molecule has 2 heterocycles. The van der Waals surface area contributed by atoms with Crippen LogP contribution in [0.15, 0.2) is 24.5 Å². The number of imidazole rings is 1. The average Bonchev–Trinajstić information content (AvgIpc) is 2.86. The van der Waals surface area contributed by atoms with Crippen LogP contribution in [0.25, 0.3) is 11.0 Å². The predicted molar refractivity (Wildman–Crippen MR) is 75.9 cm³/mol. The van der Waals surface area contributed by atoms with Gasteiger partial charge < -0.3 is 10.3 Å². The molecule has 5 heteroatoms. The van der Waals surface area contributed by atoms with Gasteiger partial charge in [-0.1, -0.05) is 0 Å². The van der Waals surface area contributed by atoms with E-state index >= 15 is 0 Å². The fourth-order valence-electron chi connectivity index (χ4n) is 2.42. The smallest absolute Gasteiger partial charge is 0.0961 e. The van der Waals surface area contributed by atoms with E-state index in [0.29, 0.717) is 0 Å². The van der Waals surface area contributed by atoms with Crippen molar-refractivity contribution in [3.8, 4) is 0 Å². The molecule has 0 bridgehead atoms. The van der Waals surface area contributed by atoms with Crippen LogP contribution in [0.3, 0.4) is 0 Å². The molecular weight excluding hydrogens is 238 g/mol. The second kappa shape index (κ2) is 4.12. The maximum absolute atomic E-state index is 5.77. The van der Waals surface area contributed by atoms with Crippen molar-refractivity contribution in [2.75, 3.05) is 5.73 Å². The van der Waals surface area contributed by atoms with Crippen LogP contribution in [0.1, 0.15) is 17.0 Å². The molecule has 0 unspecified atom stereocenters. The first-order chi connectivity index (χ1) is 9.06. The highest BCUT2D eigenvalue weighted by Gasteiger charge is 2.11. The minimum atomic E-state index is 0.742. The second-order valence-electron chi connectivity index (χ2n) is 4.89. The number of hydrogen-bond donors (Lipinski definition) is 1. The number of rotatable bonds is 2. The SMILES string of the molecule is Cc1nn(C)c(C)c1Cn1cnc2cc(N)ccc21. The van der Waals surface area contributed by atoms with Crippen molar-refractivity contribution in [2.24, 2.45) is 7.05 Å². The molecule has 0 saturated heterocycles. The minimum absolute atomic E-state index is 0.742. The van der Waals surface area contributed by atoms with E-state index in [1.54, 1.807) is 0 Å². The highest BCUT2D eigenvalue weighted by molar-refractivity contribution is 5.79. The quantitative estimate of drug-likeness (QED) is 0.713. The van der Waals surface area contributed by atoms with E-state index in [1.807, 2.05) is 43.2 Å². The van der Waals surface area contributed by atoms with Crippen LogP contribution in [0, 0.1) is 13.8 Å². The summed E-state index contributed by atoms with van der Waals surface area (Å²) in [6.07, 6.45) is 1.86. The fraction of sp³-hybridized carbons (Fsp3) is 0.286. The first kappa shape index (κ1) is 11.8. The lowest BCUT2D eigenvalue weighted by molar-refractivity contribution is 0.728. The number of benzene rings is 1. The van der Waals surface area contributed by atoms with E-state index in [1.165, 1.54) is 11.3 Å². The molecule has 1 aromatic carbocycles. The maximum Gasteiger partial charge on any atom is 0.0961 e. The molecular formula is C14H17N5. The van der Waals surface area contributed by atoms with Crippen LogP contribution < -0.4 is 5.73 Å². The summed E-state index contributed by atoms with van der Waals surface area (Å²) in [5.41, 5.74) is 12.0. The second-order valence-corrected chi connectivity index (χ2v) is 4.89. The predicted octanol–water partition coefficient (Wildman–Crippen LogP) is 2.02. The summed E-state index contributed by atoms with van der Waals surface area (Å²) in [4.78, 5) is 4.40. The number of fused-ring (bicyclic) bond motifs is 1. The van der Waals surface area contributed by atoms with Gasteiger partial charge in [-0.15, -0.1) is 0 Å². The first-order valence-electron chi connectivity index (χ1n) is 6.25. The molecule has 0 amide bonds. The maximum atomic E-state index is 5.77. The summed E-state index contributed by atoms with van der Waals surface area (Å²) in [7, 11) is 1.97. The lowest BCUT2D eigenvalue weighted by atomic mass is 10.2. The lowest BCUT2D eigenvalue weighted by Crippen LogP contribution is -2.01. The van der Waals surface area contributed by atoms with Gasteiger partial charge in [-0.3, -0.25) is 4.68 Å². The molecule has 3 rings (SSSR count). The molecule has 0 fully saturated rings. The third-order valence-electron chi connectivity index (χ3n) is 3.63. The van der Waals surface area contributed by atoms with Gasteiger partial charge in [-0.25, -0.2) is 4.98 Å². The van der Waals surface area contributed by atoms with Gasteiger partial charge in [0.05, 0.1) is 29.6 Å². The van der Waals surface area contributed by atoms with Crippen LogP contribution >= 0.6 is 0 Å². The molecule has 0 radical (unpaired) electrons. The summed E-state index contributed by atoms with van der Waals surface area (Å²) in [5, 5.41) is 4.45. The van der Waals surface area contributed by atoms with Crippen molar-refractivity contribution in [1.29, 1.82) is 0 Å². The Morgan fingerprint density at radius 2 is 2.05 bits per heavy atom. The van der Waals surface area contributed by atoms with Crippen molar-refractivity contribution in [3.63, 3.8) is 0 Å². The zero-order chi connectivity index (χ0) is 13.6. The number of nitrogen functional groups attached to an aromatic ring is 1. The standard InChI is InChI=1S/C14H17N5/c1-9-12(10(2)18(3)17-9)7-19-8-16-13-6-11(15)4-5-14(13)19/h4-6,8H,7,15H2,1-3H3. The zero-order valence-electron chi connectivity index (χ0n) is 11.4. The Morgan fingerprint density at radius 1 is 1.26 bits per heavy atom. The van der Waals surface area contributed by atoms with Crippen molar-refractivity contribution in [2.45, 2.75) is 20.4 Å². The molecule has 3 aromatic rings. The first-order valence-corrected chi connectivity index (χ1v) is 6.25. The summed E-state index contributed by atoms with van der Waals surface area (Å²) >= 11 is 0. The number of aromatic nitrogens is 4. The van der Waals surface area contributed by atoms with E-state index in [0.717, 1.165) is 29.0 Å². The van der Waals surface area contributed by atoms with Gasteiger partial charge in [0.1, 0.15) is 0 Å². The molecule has 0 aliphatic carbocycles. The Labute approximate surface area is 111 Å². The van der Waals surface area contributed by atoms with Crippen LogP contribution in [-0.2, 0) is 13.6 Å². The zero-order valence-corrected chi connectivity index (χ0v) is 11.4. The van der Waals surface area contributed by atoms with Crippen molar-refractivity contribution < 1.29 is 0 Å². The number of aryl methyl sites for hydroxylation is 2. The molecule has 2 aromatic heterocycles. The van der Waals surface area contributed by atoms with Crippen LogP contribution in [0.2, 0.25) is 0 Å². The van der Waals surface area contributed by atoms with Crippen LogP contribution in [0.4, 0.5) is 5.69 Å². The van der Waals surface area contributed by atoms with Crippen molar-refractivity contribution >= 4 is 16.7 Å². The molecule has 0 aliphatic rings. The van der Waals surface area contributed by atoms with Crippen molar-refractivity contribution in [3.05, 3.63) is 41.5 Å². The highest BCUT2D eigenvalue weighted by Crippen LogP contribution is 2.19. The topological polar surface area (TPSA) is 61.7 Å². The Hall–Kier alpha value is -2.30. The van der Waals surface area contributed by atoms with Gasteiger partial charge in [0.2, 0.25) is 0 Å². The van der Waals surface area contributed by atoms with E-state index in [4.69, 9.17) is 5.73 Å². The molecule has 2 N–H and O–H groups in total. The van der Waals surface area contributed by atoms with Crippen molar-refractivity contribution in [1.82, 2.24) is 19.3 Å². The lowest BCUT2D eigenvalue weighted by Gasteiger charge is -2.05. The summed E-state index contributed by atoms with van der Waals surface area (Å²) in [6.45, 7) is 4.91. The highest BCUT2D eigenvalue weighted by atomic mass is 15.3. The van der Waals surface area contributed by atoms with Gasteiger partial charge in [0.25, 0.3) is 0 Å².